The molecule has 0 saturated carbocycles. The van der Waals surface area contributed by atoms with Crippen LogP contribution < -0.4 is 5.32 Å². The number of hydrogen-bond acceptors (Lipinski definition) is 2. The fourth-order valence-corrected chi connectivity index (χ4v) is 2.58. The van der Waals surface area contributed by atoms with Crippen molar-refractivity contribution in [3.05, 3.63) is 63.6 Å². The Hall–Kier alpha value is -1.26. The Morgan fingerprint density at radius 1 is 1.29 bits per heavy atom. The van der Waals surface area contributed by atoms with Crippen LogP contribution in [0.25, 0.3) is 0 Å². The molecule has 0 radical (unpaired) electrons. The Bertz CT molecular complexity index is 584. The molecule has 0 aliphatic heterocycles. The smallest absolute Gasteiger partial charge is 0.137 e. The molecule has 1 heterocycles. The molecule has 0 spiro atoms. The van der Waals surface area contributed by atoms with Gasteiger partial charge in [-0.05, 0) is 65.1 Å². The van der Waals surface area contributed by atoms with Gasteiger partial charge in [0, 0.05) is 24.4 Å². The molecule has 4 heteroatoms. The molecule has 0 amide bonds. The van der Waals surface area contributed by atoms with Crippen LogP contribution in [0.3, 0.4) is 0 Å². The Kier molecular flexibility index (Phi) is 5.88. The van der Waals surface area contributed by atoms with Gasteiger partial charge in [0.25, 0.3) is 0 Å². The molecule has 0 bridgehead atoms. The summed E-state index contributed by atoms with van der Waals surface area (Å²) in [5.41, 5.74) is 3.26. The number of benzene rings is 1. The molecule has 1 unspecified atom stereocenters. The lowest BCUT2D eigenvalue weighted by atomic mass is 10.0. The average Bonchev–Trinajstić information content (AvgIpc) is 2.48. The molecule has 0 aliphatic carbocycles. The minimum atomic E-state index is -0.235. The lowest BCUT2D eigenvalue weighted by Crippen LogP contribution is -2.24. The Labute approximate surface area is 133 Å². The highest BCUT2D eigenvalue weighted by Gasteiger charge is 2.14. The zero-order valence-corrected chi connectivity index (χ0v) is 14.0. The molecule has 2 nitrogen and oxygen atoms in total. The second kappa shape index (κ2) is 7.66. The maximum Gasteiger partial charge on any atom is 0.137 e. The van der Waals surface area contributed by atoms with E-state index in [0.717, 1.165) is 36.2 Å². The first kappa shape index (κ1) is 16.1. The van der Waals surface area contributed by atoms with Gasteiger partial charge < -0.3 is 5.32 Å². The van der Waals surface area contributed by atoms with Crippen LogP contribution in [0.4, 0.5) is 4.39 Å². The van der Waals surface area contributed by atoms with Crippen LogP contribution in [0, 0.1) is 12.7 Å². The van der Waals surface area contributed by atoms with Crippen LogP contribution in [0.1, 0.15) is 36.2 Å². The third kappa shape index (κ3) is 4.61. The van der Waals surface area contributed by atoms with E-state index in [9.17, 15) is 4.39 Å². The van der Waals surface area contributed by atoms with Crippen molar-refractivity contribution >= 4 is 15.9 Å². The van der Waals surface area contributed by atoms with Crippen molar-refractivity contribution in [3.63, 3.8) is 0 Å². The van der Waals surface area contributed by atoms with Crippen LogP contribution >= 0.6 is 15.9 Å². The first-order chi connectivity index (χ1) is 10.1. The van der Waals surface area contributed by atoms with Crippen molar-refractivity contribution in [2.45, 2.75) is 32.7 Å². The minimum absolute atomic E-state index is 0.136. The monoisotopic (exact) mass is 350 g/mol. The normalized spacial score (nSPS) is 12.4. The molecule has 0 fully saturated rings. The van der Waals surface area contributed by atoms with Crippen molar-refractivity contribution in [3.8, 4) is 0 Å². The van der Waals surface area contributed by atoms with Gasteiger partial charge in [0.15, 0.2) is 0 Å². The van der Waals surface area contributed by atoms with Gasteiger partial charge in [-0.2, -0.15) is 0 Å². The summed E-state index contributed by atoms with van der Waals surface area (Å²) in [7, 11) is 0. The Morgan fingerprint density at radius 3 is 2.71 bits per heavy atom. The van der Waals surface area contributed by atoms with E-state index >= 15 is 0 Å². The third-order valence-corrected chi connectivity index (χ3v) is 3.98. The molecule has 21 heavy (non-hydrogen) atoms. The molecule has 1 aromatic carbocycles. The van der Waals surface area contributed by atoms with E-state index in [0.29, 0.717) is 4.47 Å². The second-order valence-electron chi connectivity index (χ2n) is 5.21. The van der Waals surface area contributed by atoms with Gasteiger partial charge in [0.1, 0.15) is 5.82 Å². The lowest BCUT2D eigenvalue weighted by Gasteiger charge is -2.19. The molecule has 0 saturated heterocycles. The Morgan fingerprint density at radius 2 is 2.10 bits per heavy atom. The van der Waals surface area contributed by atoms with Gasteiger partial charge in [0.2, 0.25) is 0 Å². The first-order valence-corrected chi connectivity index (χ1v) is 7.99. The number of nitrogens with zero attached hydrogens (tertiary/aromatic N) is 1. The SMILES string of the molecule is CCCNC(Cc1ccc(C)cn1)c1ccc(F)c(Br)c1. The first-order valence-electron chi connectivity index (χ1n) is 7.20. The van der Waals surface area contributed by atoms with Crippen molar-refractivity contribution in [1.29, 1.82) is 0 Å². The van der Waals surface area contributed by atoms with Crippen molar-refractivity contribution in [2.75, 3.05) is 6.54 Å². The number of nitrogens with one attached hydrogen (secondary N) is 1. The molecular formula is C17H20BrFN2. The summed E-state index contributed by atoms with van der Waals surface area (Å²) in [4.78, 5) is 4.47. The van der Waals surface area contributed by atoms with Crippen LogP contribution in [-0.4, -0.2) is 11.5 Å². The highest BCUT2D eigenvalue weighted by molar-refractivity contribution is 9.10. The zero-order chi connectivity index (χ0) is 15.2. The summed E-state index contributed by atoms with van der Waals surface area (Å²) >= 11 is 3.26. The molecule has 112 valence electrons. The summed E-state index contributed by atoms with van der Waals surface area (Å²) in [6.45, 7) is 5.08. The number of halogens is 2. The molecule has 1 aromatic heterocycles. The van der Waals surface area contributed by atoms with Gasteiger partial charge >= 0.3 is 0 Å². The summed E-state index contributed by atoms with van der Waals surface area (Å²) in [6.07, 6.45) is 3.73. The second-order valence-corrected chi connectivity index (χ2v) is 6.07. The molecule has 1 N–H and O–H groups in total. The highest BCUT2D eigenvalue weighted by atomic mass is 79.9. The van der Waals surface area contributed by atoms with Gasteiger partial charge in [-0.15, -0.1) is 0 Å². The van der Waals surface area contributed by atoms with Gasteiger partial charge in [-0.1, -0.05) is 19.1 Å². The van der Waals surface area contributed by atoms with Gasteiger partial charge in [-0.3, -0.25) is 4.98 Å². The summed E-state index contributed by atoms with van der Waals surface area (Å²) in [5.74, 6) is -0.235. The van der Waals surface area contributed by atoms with E-state index in [1.807, 2.05) is 25.3 Å². The fraction of sp³-hybridized carbons (Fsp3) is 0.353. The maximum absolute atomic E-state index is 13.4. The largest absolute Gasteiger partial charge is 0.310 e. The predicted molar refractivity (Wildman–Crippen MR) is 87.8 cm³/mol. The number of aromatic nitrogens is 1. The highest BCUT2D eigenvalue weighted by Crippen LogP contribution is 2.23. The van der Waals surface area contributed by atoms with Crippen LogP contribution in [0.5, 0.6) is 0 Å². The maximum atomic E-state index is 13.4. The number of hydrogen-bond donors (Lipinski definition) is 1. The summed E-state index contributed by atoms with van der Waals surface area (Å²) in [6, 6.07) is 9.44. The van der Waals surface area contributed by atoms with Gasteiger partial charge in [0.05, 0.1) is 4.47 Å². The van der Waals surface area contributed by atoms with Gasteiger partial charge in [-0.25, -0.2) is 4.39 Å². The Balaban J connectivity index is 2.20. The topological polar surface area (TPSA) is 24.9 Å². The van der Waals surface area contributed by atoms with E-state index in [2.05, 4.69) is 45.3 Å². The van der Waals surface area contributed by atoms with Crippen LogP contribution in [0.2, 0.25) is 0 Å². The lowest BCUT2D eigenvalue weighted by molar-refractivity contribution is 0.522. The van der Waals surface area contributed by atoms with Crippen LogP contribution in [-0.2, 0) is 6.42 Å². The van der Waals surface area contributed by atoms with E-state index in [1.54, 1.807) is 0 Å². The average molecular weight is 351 g/mol. The standard InChI is InChI=1S/C17H20BrFN2/c1-3-8-20-17(10-14-6-4-12(2)11-21-14)13-5-7-16(19)15(18)9-13/h4-7,9,11,17,20H,3,8,10H2,1-2H3. The number of aryl methyl sites for hydroxylation is 1. The quantitative estimate of drug-likeness (QED) is 0.824. The van der Waals surface area contributed by atoms with Crippen LogP contribution in [0.15, 0.2) is 41.0 Å². The van der Waals surface area contributed by atoms with Crippen molar-refractivity contribution in [2.24, 2.45) is 0 Å². The molecule has 2 aromatic rings. The van der Waals surface area contributed by atoms with Crippen molar-refractivity contribution in [1.82, 2.24) is 10.3 Å². The number of rotatable bonds is 6. The fourth-order valence-electron chi connectivity index (χ4n) is 2.18. The zero-order valence-electron chi connectivity index (χ0n) is 12.4. The third-order valence-electron chi connectivity index (χ3n) is 3.37. The molecule has 0 aliphatic rings. The van der Waals surface area contributed by atoms with E-state index in [1.165, 1.54) is 6.07 Å². The summed E-state index contributed by atoms with van der Waals surface area (Å²) < 4.78 is 13.9. The minimum Gasteiger partial charge on any atom is -0.310 e. The number of pyridine rings is 1. The van der Waals surface area contributed by atoms with E-state index < -0.39 is 0 Å². The van der Waals surface area contributed by atoms with E-state index in [-0.39, 0.29) is 11.9 Å². The van der Waals surface area contributed by atoms with E-state index in [4.69, 9.17) is 0 Å². The molecular weight excluding hydrogens is 331 g/mol. The van der Waals surface area contributed by atoms with Crippen molar-refractivity contribution < 1.29 is 4.39 Å². The predicted octanol–water partition coefficient (Wildman–Crippen LogP) is 4.58. The molecule has 1 atom stereocenters. The molecule has 2 rings (SSSR count). The summed E-state index contributed by atoms with van der Waals surface area (Å²) in [5, 5.41) is 3.51.